The van der Waals surface area contributed by atoms with Gasteiger partial charge in [0.05, 0.1) is 5.52 Å². The van der Waals surface area contributed by atoms with Gasteiger partial charge in [0, 0.05) is 23.0 Å². The highest BCUT2D eigenvalue weighted by molar-refractivity contribution is 5.83. The first-order chi connectivity index (χ1) is 7.95. The molecule has 0 spiro atoms. The molecule has 0 radical (unpaired) electrons. The smallest absolute Gasteiger partial charge is 0.0737 e. The van der Waals surface area contributed by atoms with Crippen molar-refractivity contribution in [3.05, 3.63) is 41.1 Å². The van der Waals surface area contributed by atoms with E-state index < -0.39 is 0 Å². The monoisotopic (exact) mass is 228 g/mol. The van der Waals surface area contributed by atoms with E-state index in [1.54, 1.807) is 0 Å². The van der Waals surface area contributed by atoms with Crippen molar-refractivity contribution in [2.75, 3.05) is 6.54 Å². The molecule has 2 aromatic rings. The Morgan fingerprint density at radius 2 is 1.76 bits per heavy atom. The number of benzene rings is 1. The molecule has 17 heavy (non-hydrogen) atoms. The lowest BCUT2D eigenvalue weighted by atomic mass is 9.88. The average molecular weight is 228 g/mol. The molecule has 0 atom stereocenters. The lowest BCUT2D eigenvalue weighted by molar-refractivity contribution is 0.523. The third-order valence-corrected chi connectivity index (χ3v) is 3.59. The van der Waals surface area contributed by atoms with Crippen molar-refractivity contribution < 1.29 is 0 Å². The molecule has 0 fully saturated rings. The Labute approximate surface area is 103 Å². The number of aryl methyl sites for hydroxylation is 2. The molecule has 0 aliphatic heterocycles. The van der Waals surface area contributed by atoms with E-state index in [1.807, 2.05) is 0 Å². The first-order valence-electron chi connectivity index (χ1n) is 6.03. The maximum Gasteiger partial charge on any atom is 0.0737 e. The SMILES string of the molecule is Cc1ccc2ccc(C(C)(C)CN)nc2c1C. The number of fused-ring (bicyclic) bond motifs is 1. The molecular weight excluding hydrogens is 208 g/mol. The quantitative estimate of drug-likeness (QED) is 0.858. The molecule has 0 aliphatic carbocycles. The fourth-order valence-electron chi connectivity index (χ4n) is 1.91. The highest BCUT2D eigenvalue weighted by Crippen LogP contribution is 2.25. The third-order valence-electron chi connectivity index (χ3n) is 3.59. The summed E-state index contributed by atoms with van der Waals surface area (Å²) in [4.78, 5) is 4.80. The van der Waals surface area contributed by atoms with Crippen molar-refractivity contribution in [3.8, 4) is 0 Å². The third kappa shape index (κ3) is 2.05. The normalized spacial score (nSPS) is 12.1. The number of hydrogen-bond donors (Lipinski definition) is 1. The molecule has 1 aromatic carbocycles. The van der Waals surface area contributed by atoms with Gasteiger partial charge < -0.3 is 5.73 Å². The van der Waals surface area contributed by atoms with Crippen LogP contribution in [-0.2, 0) is 5.41 Å². The molecule has 0 unspecified atom stereocenters. The average Bonchev–Trinajstić information content (AvgIpc) is 2.33. The van der Waals surface area contributed by atoms with Crippen molar-refractivity contribution in [2.45, 2.75) is 33.1 Å². The van der Waals surface area contributed by atoms with Crippen molar-refractivity contribution in [1.29, 1.82) is 0 Å². The van der Waals surface area contributed by atoms with Crippen LogP contribution in [0.15, 0.2) is 24.3 Å². The van der Waals surface area contributed by atoms with Gasteiger partial charge in [0.1, 0.15) is 0 Å². The molecule has 2 rings (SSSR count). The second-order valence-electron chi connectivity index (χ2n) is 5.36. The van der Waals surface area contributed by atoms with Crippen LogP contribution in [0.4, 0.5) is 0 Å². The fourth-order valence-corrected chi connectivity index (χ4v) is 1.91. The summed E-state index contributed by atoms with van der Waals surface area (Å²) < 4.78 is 0. The minimum atomic E-state index is -0.0651. The van der Waals surface area contributed by atoms with Gasteiger partial charge in [-0.3, -0.25) is 4.98 Å². The molecular formula is C15H20N2. The van der Waals surface area contributed by atoms with Gasteiger partial charge in [-0.25, -0.2) is 0 Å². The van der Waals surface area contributed by atoms with Crippen molar-refractivity contribution >= 4 is 10.9 Å². The van der Waals surface area contributed by atoms with E-state index in [1.165, 1.54) is 16.5 Å². The van der Waals surface area contributed by atoms with Crippen LogP contribution in [-0.4, -0.2) is 11.5 Å². The summed E-state index contributed by atoms with van der Waals surface area (Å²) in [6, 6.07) is 8.50. The molecule has 2 heteroatoms. The molecule has 0 saturated carbocycles. The Hall–Kier alpha value is -1.41. The van der Waals surface area contributed by atoms with Crippen LogP contribution in [0.25, 0.3) is 10.9 Å². The summed E-state index contributed by atoms with van der Waals surface area (Å²) >= 11 is 0. The van der Waals surface area contributed by atoms with E-state index in [2.05, 4.69) is 52.0 Å². The molecule has 0 amide bonds. The lowest BCUT2D eigenvalue weighted by Crippen LogP contribution is -2.29. The van der Waals surface area contributed by atoms with E-state index in [4.69, 9.17) is 10.7 Å². The van der Waals surface area contributed by atoms with Gasteiger partial charge in [0.2, 0.25) is 0 Å². The molecule has 0 saturated heterocycles. The Morgan fingerprint density at radius 3 is 2.41 bits per heavy atom. The van der Waals surface area contributed by atoms with E-state index in [-0.39, 0.29) is 5.41 Å². The standard InChI is InChI=1S/C15H20N2/c1-10-5-6-12-7-8-13(15(3,4)9-16)17-14(12)11(10)2/h5-8H,9,16H2,1-4H3. The number of hydrogen-bond acceptors (Lipinski definition) is 2. The summed E-state index contributed by atoms with van der Waals surface area (Å²) in [5, 5.41) is 1.20. The predicted octanol–water partition coefficient (Wildman–Crippen LogP) is 3.09. The van der Waals surface area contributed by atoms with Gasteiger partial charge in [-0.05, 0) is 31.0 Å². The molecule has 2 nitrogen and oxygen atoms in total. The zero-order valence-electron chi connectivity index (χ0n) is 11.0. The van der Waals surface area contributed by atoms with Crippen LogP contribution >= 0.6 is 0 Å². The van der Waals surface area contributed by atoms with Crippen LogP contribution in [0.3, 0.4) is 0 Å². The van der Waals surface area contributed by atoms with Gasteiger partial charge in [-0.15, -0.1) is 0 Å². The van der Waals surface area contributed by atoms with Gasteiger partial charge in [0.15, 0.2) is 0 Å². The minimum absolute atomic E-state index is 0.0651. The van der Waals surface area contributed by atoms with Gasteiger partial charge in [-0.2, -0.15) is 0 Å². The summed E-state index contributed by atoms with van der Waals surface area (Å²) in [6.07, 6.45) is 0. The summed E-state index contributed by atoms with van der Waals surface area (Å²) in [7, 11) is 0. The highest BCUT2D eigenvalue weighted by Gasteiger charge is 2.20. The number of nitrogens with zero attached hydrogens (tertiary/aromatic N) is 1. The Kier molecular flexibility index (Phi) is 2.92. The van der Waals surface area contributed by atoms with Crippen LogP contribution < -0.4 is 5.73 Å². The van der Waals surface area contributed by atoms with E-state index >= 15 is 0 Å². The van der Waals surface area contributed by atoms with E-state index in [0.29, 0.717) is 6.54 Å². The zero-order chi connectivity index (χ0) is 12.6. The maximum absolute atomic E-state index is 5.81. The lowest BCUT2D eigenvalue weighted by Gasteiger charge is -2.22. The minimum Gasteiger partial charge on any atom is -0.330 e. The van der Waals surface area contributed by atoms with Gasteiger partial charge in [-0.1, -0.05) is 32.0 Å². The van der Waals surface area contributed by atoms with Crippen LogP contribution in [0.5, 0.6) is 0 Å². The number of pyridine rings is 1. The molecule has 2 N–H and O–H groups in total. The van der Waals surface area contributed by atoms with Crippen molar-refractivity contribution in [1.82, 2.24) is 4.98 Å². The largest absolute Gasteiger partial charge is 0.330 e. The number of nitrogens with two attached hydrogens (primary N) is 1. The Morgan fingerprint density at radius 1 is 1.12 bits per heavy atom. The maximum atomic E-state index is 5.81. The Balaban J connectivity index is 2.68. The Bertz CT molecular complexity index is 556. The second-order valence-corrected chi connectivity index (χ2v) is 5.36. The molecule has 0 bridgehead atoms. The topological polar surface area (TPSA) is 38.9 Å². The van der Waals surface area contributed by atoms with Crippen LogP contribution in [0.2, 0.25) is 0 Å². The summed E-state index contributed by atoms with van der Waals surface area (Å²) in [5.74, 6) is 0. The second kappa shape index (κ2) is 4.11. The molecule has 1 heterocycles. The van der Waals surface area contributed by atoms with Crippen molar-refractivity contribution in [3.63, 3.8) is 0 Å². The highest BCUT2D eigenvalue weighted by atomic mass is 14.7. The zero-order valence-corrected chi connectivity index (χ0v) is 11.0. The van der Waals surface area contributed by atoms with E-state index in [9.17, 15) is 0 Å². The molecule has 1 aromatic heterocycles. The van der Waals surface area contributed by atoms with Gasteiger partial charge >= 0.3 is 0 Å². The van der Waals surface area contributed by atoms with E-state index in [0.717, 1.165) is 11.2 Å². The van der Waals surface area contributed by atoms with Crippen LogP contribution in [0.1, 0.15) is 30.7 Å². The first kappa shape index (κ1) is 12.1. The summed E-state index contributed by atoms with van der Waals surface area (Å²) in [6.45, 7) is 9.12. The van der Waals surface area contributed by atoms with Crippen LogP contribution in [0, 0.1) is 13.8 Å². The number of aromatic nitrogens is 1. The van der Waals surface area contributed by atoms with Crippen molar-refractivity contribution in [2.24, 2.45) is 5.73 Å². The molecule has 0 aliphatic rings. The fraction of sp³-hybridized carbons (Fsp3) is 0.400. The van der Waals surface area contributed by atoms with Gasteiger partial charge in [0.25, 0.3) is 0 Å². The number of rotatable bonds is 2. The predicted molar refractivity (Wildman–Crippen MR) is 73.3 cm³/mol. The first-order valence-corrected chi connectivity index (χ1v) is 6.03. The molecule has 90 valence electrons. The summed E-state index contributed by atoms with van der Waals surface area (Å²) in [5.41, 5.74) is 10.5.